The van der Waals surface area contributed by atoms with E-state index in [9.17, 15) is 19.8 Å². The largest absolute Gasteiger partial charge is 0.504 e. The van der Waals surface area contributed by atoms with Crippen LogP contribution in [0.25, 0.3) is 0 Å². The molecule has 1 aliphatic carbocycles. The third-order valence-corrected chi connectivity index (χ3v) is 4.76. The second kappa shape index (κ2) is 5.96. The molecule has 0 radical (unpaired) electrons. The number of esters is 1. The third kappa shape index (κ3) is 2.68. The maximum Gasteiger partial charge on any atom is 0.312 e. The lowest BCUT2D eigenvalue weighted by Crippen LogP contribution is -2.49. The summed E-state index contributed by atoms with van der Waals surface area (Å²) >= 11 is 0. The Morgan fingerprint density at radius 1 is 1.32 bits per heavy atom. The van der Waals surface area contributed by atoms with Crippen LogP contribution in [0, 0.1) is 5.92 Å². The standard InChI is InChI=1S/C17H20N2O6/c1-17(23)7-9-13(15(21)19-18-9)12(14(17)16(22)25-3)8-4-5-10(20)11(6-8)24-2/h4-6,12,14,20,23H,7H2,1-3H3,(H2,18,19,21)/t12-,14+,17-/m0/s1. The van der Waals surface area contributed by atoms with E-state index >= 15 is 0 Å². The van der Waals surface area contributed by atoms with Gasteiger partial charge >= 0.3 is 5.97 Å². The van der Waals surface area contributed by atoms with Gasteiger partial charge in [0, 0.05) is 23.6 Å². The monoisotopic (exact) mass is 348 g/mol. The molecule has 3 atom stereocenters. The van der Waals surface area contributed by atoms with Crippen LogP contribution in [0.2, 0.25) is 0 Å². The first-order valence-electron chi connectivity index (χ1n) is 7.76. The summed E-state index contributed by atoms with van der Waals surface area (Å²) in [6.45, 7) is 1.54. The minimum atomic E-state index is -1.43. The first-order valence-corrected chi connectivity index (χ1v) is 7.76. The molecule has 0 spiro atoms. The number of carbonyl (C=O) groups excluding carboxylic acids is 1. The van der Waals surface area contributed by atoms with Crippen LogP contribution < -0.4 is 10.3 Å². The predicted octanol–water partition coefficient (Wildman–Crippen LogP) is 0.645. The minimum absolute atomic E-state index is 0.0633. The smallest absolute Gasteiger partial charge is 0.312 e. The molecule has 0 unspecified atom stereocenters. The van der Waals surface area contributed by atoms with E-state index in [0.29, 0.717) is 16.8 Å². The fraction of sp³-hybridized carbons (Fsp3) is 0.412. The molecule has 0 fully saturated rings. The zero-order valence-electron chi connectivity index (χ0n) is 14.1. The number of phenolic OH excluding ortho intramolecular Hbond substituents is 1. The summed E-state index contributed by atoms with van der Waals surface area (Å²) in [6.07, 6.45) is 0.104. The Morgan fingerprint density at radius 3 is 2.68 bits per heavy atom. The zero-order valence-corrected chi connectivity index (χ0v) is 14.1. The number of H-pyrrole nitrogens is 2. The van der Waals surface area contributed by atoms with Crippen molar-refractivity contribution in [1.82, 2.24) is 10.2 Å². The number of phenols is 1. The number of carbonyl (C=O) groups is 1. The highest BCUT2D eigenvalue weighted by molar-refractivity contribution is 5.77. The predicted molar refractivity (Wildman–Crippen MR) is 87.7 cm³/mol. The van der Waals surface area contributed by atoms with E-state index in [1.807, 2.05) is 0 Å². The molecule has 8 nitrogen and oxygen atoms in total. The van der Waals surface area contributed by atoms with Crippen LogP contribution in [0.4, 0.5) is 0 Å². The van der Waals surface area contributed by atoms with Gasteiger partial charge in [0.2, 0.25) is 0 Å². The lowest BCUT2D eigenvalue weighted by Gasteiger charge is -2.40. The van der Waals surface area contributed by atoms with Crippen molar-refractivity contribution in [2.45, 2.75) is 24.9 Å². The molecular formula is C17H20N2O6. The summed E-state index contributed by atoms with van der Waals surface area (Å²) in [7, 11) is 2.64. The lowest BCUT2D eigenvalue weighted by molar-refractivity contribution is -0.156. The van der Waals surface area contributed by atoms with Crippen molar-refractivity contribution in [3.63, 3.8) is 0 Å². The SMILES string of the molecule is COC(=O)[C@H]1[C@@H](c2ccc(O)c(OC)c2)c2c([nH][nH]c2=O)C[C@]1(C)O. The van der Waals surface area contributed by atoms with E-state index < -0.39 is 23.4 Å². The van der Waals surface area contributed by atoms with Crippen LogP contribution in [0.1, 0.15) is 29.7 Å². The van der Waals surface area contributed by atoms with Crippen molar-refractivity contribution >= 4 is 5.97 Å². The fourth-order valence-electron chi connectivity index (χ4n) is 3.63. The average molecular weight is 348 g/mol. The van der Waals surface area contributed by atoms with Gasteiger partial charge in [-0.15, -0.1) is 0 Å². The number of aliphatic hydroxyl groups is 1. The van der Waals surface area contributed by atoms with Crippen molar-refractivity contribution in [2.24, 2.45) is 5.92 Å². The number of hydrogen-bond donors (Lipinski definition) is 4. The molecule has 0 aliphatic heterocycles. The number of aromatic hydroxyl groups is 1. The second-order valence-corrected chi connectivity index (χ2v) is 6.42. The van der Waals surface area contributed by atoms with Gasteiger partial charge in [0.25, 0.3) is 5.56 Å². The van der Waals surface area contributed by atoms with Gasteiger partial charge in [0.15, 0.2) is 11.5 Å². The minimum Gasteiger partial charge on any atom is -0.504 e. The van der Waals surface area contributed by atoms with Gasteiger partial charge in [-0.2, -0.15) is 0 Å². The van der Waals surface area contributed by atoms with Crippen LogP contribution in [-0.2, 0) is 16.0 Å². The number of ether oxygens (including phenoxy) is 2. The van der Waals surface area contributed by atoms with Crippen LogP contribution >= 0.6 is 0 Å². The van der Waals surface area contributed by atoms with Crippen LogP contribution in [-0.4, -0.2) is 46.2 Å². The van der Waals surface area contributed by atoms with Gasteiger partial charge in [0.05, 0.1) is 25.7 Å². The molecule has 0 amide bonds. The Hall–Kier alpha value is -2.74. The first-order chi connectivity index (χ1) is 11.8. The molecule has 2 aromatic rings. The van der Waals surface area contributed by atoms with Crippen LogP contribution in [0.3, 0.4) is 0 Å². The van der Waals surface area contributed by atoms with Crippen molar-refractivity contribution in [3.8, 4) is 11.5 Å². The number of fused-ring (bicyclic) bond motifs is 1. The number of hydrogen-bond acceptors (Lipinski definition) is 6. The van der Waals surface area contributed by atoms with Crippen LogP contribution in [0.5, 0.6) is 11.5 Å². The summed E-state index contributed by atoms with van der Waals surface area (Å²) < 4.78 is 10.0. The van der Waals surface area contributed by atoms with Gasteiger partial charge in [-0.25, -0.2) is 0 Å². The molecule has 1 aliphatic rings. The van der Waals surface area contributed by atoms with Crippen molar-refractivity contribution in [2.75, 3.05) is 14.2 Å². The number of nitrogens with one attached hydrogen (secondary N) is 2. The molecule has 4 N–H and O–H groups in total. The number of methoxy groups -OCH3 is 2. The zero-order chi connectivity index (χ0) is 18.4. The van der Waals surface area contributed by atoms with Crippen LogP contribution in [0.15, 0.2) is 23.0 Å². The first kappa shape index (κ1) is 17.1. The Labute approximate surface area is 143 Å². The molecule has 134 valence electrons. The average Bonchev–Trinajstić information content (AvgIpc) is 2.92. The molecule has 1 heterocycles. The summed E-state index contributed by atoms with van der Waals surface area (Å²) in [4.78, 5) is 24.8. The molecule has 1 aromatic carbocycles. The van der Waals surface area contributed by atoms with Gasteiger partial charge < -0.3 is 24.8 Å². The fourth-order valence-corrected chi connectivity index (χ4v) is 3.63. The van der Waals surface area contributed by atoms with E-state index in [2.05, 4.69) is 10.2 Å². The summed E-state index contributed by atoms with van der Waals surface area (Å²) in [5.74, 6) is -2.22. The molecule has 25 heavy (non-hydrogen) atoms. The lowest BCUT2D eigenvalue weighted by atomic mass is 9.66. The maximum atomic E-state index is 12.4. The van der Waals surface area contributed by atoms with Gasteiger partial charge in [-0.05, 0) is 24.6 Å². The molecular weight excluding hydrogens is 328 g/mol. The highest BCUT2D eigenvalue weighted by Crippen LogP contribution is 2.45. The normalized spacial score (nSPS) is 25.3. The van der Waals surface area contributed by atoms with E-state index in [1.165, 1.54) is 27.2 Å². The summed E-state index contributed by atoms with van der Waals surface area (Å²) in [6, 6.07) is 4.57. The highest BCUT2D eigenvalue weighted by Gasteiger charge is 2.51. The summed E-state index contributed by atoms with van der Waals surface area (Å²) in [5.41, 5.74) is -0.337. The summed E-state index contributed by atoms with van der Waals surface area (Å²) in [5, 5.41) is 26.0. The topological polar surface area (TPSA) is 125 Å². The molecule has 0 saturated heterocycles. The molecule has 0 bridgehead atoms. The third-order valence-electron chi connectivity index (χ3n) is 4.76. The molecule has 0 saturated carbocycles. The maximum absolute atomic E-state index is 12.4. The quantitative estimate of drug-likeness (QED) is 0.604. The van der Waals surface area contributed by atoms with E-state index in [1.54, 1.807) is 12.1 Å². The number of aromatic nitrogens is 2. The molecule has 3 rings (SSSR count). The Bertz CT molecular complexity index is 866. The van der Waals surface area contributed by atoms with Gasteiger partial charge in [-0.3, -0.25) is 14.7 Å². The molecule has 8 heteroatoms. The highest BCUT2D eigenvalue weighted by atomic mass is 16.5. The Kier molecular flexibility index (Phi) is 4.08. The Morgan fingerprint density at radius 2 is 2.04 bits per heavy atom. The van der Waals surface area contributed by atoms with E-state index in [4.69, 9.17) is 9.47 Å². The van der Waals surface area contributed by atoms with Gasteiger partial charge in [-0.1, -0.05) is 6.07 Å². The number of aromatic amines is 2. The number of rotatable bonds is 3. The van der Waals surface area contributed by atoms with Crippen molar-refractivity contribution < 1.29 is 24.5 Å². The van der Waals surface area contributed by atoms with E-state index in [-0.39, 0.29) is 23.5 Å². The number of benzene rings is 1. The molecule has 1 aromatic heterocycles. The second-order valence-electron chi connectivity index (χ2n) is 6.42. The van der Waals surface area contributed by atoms with Gasteiger partial charge in [0.1, 0.15) is 0 Å². The van der Waals surface area contributed by atoms with Crippen molar-refractivity contribution in [1.29, 1.82) is 0 Å². The Balaban J connectivity index is 2.26. The van der Waals surface area contributed by atoms with E-state index in [0.717, 1.165) is 0 Å². The van der Waals surface area contributed by atoms with Crippen molar-refractivity contribution in [3.05, 3.63) is 45.4 Å².